The molecular formula is C23H26Cl4N2O2. The first kappa shape index (κ1) is 25.8. The van der Waals surface area contributed by atoms with Gasteiger partial charge in [0.2, 0.25) is 11.8 Å². The SMILES string of the molecule is CCC(C(=O)NC(C)(C)C)N(Cc1ccc(Cl)cc1Cl)C(=O)Cc1c(Cl)cccc1Cl. The Labute approximate surface area is 203 Å². The van der Waals surface area contributed by atoms with Gasteiger partial charge in [0.1, 0.15) is 6.04 Å². The van der Waals surface area contributed by atoms with Crippen LogP contribution in [0.25, 0.3) is 0 Å². The van der Waals surface area contributed by atoms with Crippen LogP contribution in [0.2, 0.25) is 20.1 Å². The number of rotatable bonds is 7. The lowest BCUT2D eigenvalue weighted by atomic mass is 10.0. The van der Waals surface area contributed by atoms with Gasteiger partial charge in [-0.25, -0.2) is 0 Å². The molecule has 8 heteroatoms. The number of carbonyl (C=O) groups is 2. The fourth-order valence-electron chi connectivity index (χ4n) is 3.16. The van der Waals surface area contributed by atoms with E-state index in [9.17, 15) is 9.59 Å². The highest BCUT2D eigenvalue weighted by Gasteiger charge is 2.31. The van der Waals surface area contributed by atoms with Crippen LogP contribution in [0.5, 0.6) is 0 Å². The molecule has 0 aliphatic carbocycles. The topological polar surface area (TPSA) is 49.4 Å². The number of amides is 2. The van der Waals surface area contributed by atoms with Crippen LogP contribution in [0.4, 0.5) is 0 Å². The molecule has 0 spiro atoms. The monoisotopic (exact) mass is 502 g/mol. The van der Waals surface area contributed by atoms with Gasteiger partial charge in [0, 0.05) is 32.2 Å². The number of nitrogens with one attached hydrogen (secondary N) is 1. The average Bonchev–Trinajstić information content (AvgIpc) is 2.64. The van der Waals surface area contributed by atoms with Crippen molar-refractivity contribution in [3.8, 4) is 0 Å². The van der Waals surface area contributed by atoms with E-state index in [1.807, 2.05) is 27.7 Å². The average molecular weight is 504 g/mol. The van der Waals surface area contributed by atoms with Crippen molar-refractivity contribution in [3.05, 3.63) is 67.6 Å². The number of hydrogen-bond donors (Lipinski definition) is 1. The molecule has 0 aromatic heterocycles. The van der Waals surface area contributed by atoms with E-state index < -0.39 is 11.6 Å². The third-order valence-corrected chi connectivity index (χ3v) is 5.92. The lowest BCUT2D eigenvalue weighted by Crippen LogP contribution is -2.53. The van der Waals surface area contributed by atoms with Gasteiger partial charge >= 0.3 is 0 Å². The van der Waals surface area contributed by atoms with Crippen molar-refractivity contribution in [2.24, 2.45) is 0 Å². The molecule has 0 radical (unpaired) electrons. The molecule has 0 aliphatic rings. The van der Waals surface area contributed by atoms with Crippen molar-refractivity contribution in [2.45, 2.75) is 58.7 Å². The summed E-state index contributed by atoms with van der Waals surface area (Å²) >= 11 is 24.9. The van der Waals surface area contributed by atoms with E-state index in [0.717, 1.165) is 0 Å². The Hall–Kier alpha value is -1.46. The van der Waals surface area contributed by atoms with Crippen LogP contribution < -0.4 is 5.32 Å². The first-order chi connectivity index (χ1) is 14.4. The normalized spacial score (nSPS) is 12.4. The standard InChI is InChI=1S/C23H26Cl4N2O2/c1-5-20(22(31)28-23(2,3)4)29(13-14-9-10-15(24)11-19(14)27)21(30)12-16-17(25)7-6-8-18(16)26/h6-11,20H,5,12-13H2,1-4H3,(H,28,31). The van der Waals surface area contributed by atoms with Gasteiger partial charge in [-0.2, -0.15) is 0 Å². The van der Waals surface area contributed by atoms with Gasteiger partial charge < -0.3 is 10.2 Å². The molecule has 1 N–H and O–H groups in total. The second kappa shape index (κ2) is 10.9. The lowest BCUT2D eigenvalue weighted by Gasteiger charge is -2.33. The fraction of sp³-hybridized carbons (Fsp3) is 0.391. The molecule has 0 bridgehead atoms. The molecule has 0 heterocycles. The van der Waals surface area contributed by atoms with Crippen LogP contribution in [0.1, 0.15) is 45.2 Å². The Balaban J connectivity index is 2.42. The van der Waals surface area contributed by atoms with E-state index in [1.165, 1.54) is 4.90 Å². The van der Waals surface area contributed by atoms with Gasteiger partial charge in [-0.05, 0) is 62.6 Å². The van der Waals surface area contributed by atoms with E-state index >= 15 is 0 Å². The third kappa shape index (κ3) is 7.28. The Morgan fingerprint density at radius 1 is 1.00 bits per heavy atom. The molecular weight excluding hydrogens is 478 g/mol. The van der Waals surface area contributed by atoms with Crippen molar-refractivity contribution < 1.29 is 9.59 Å². The molecule has 0 saturated carbocycles. The minimum atomic E-state index is -0.695. The largest absolute Gasteiger partial charge is 0.350 e. The molecule has 0 fully saturated rings. The van der Waals surface area contributed by atoms with Gasteiger partial charge in [0.25, 0.3) is 0 Å². The first-order valence-electron chi connectivity index (χ1n) is 9.91. The summed E-state index contributed by atoms with van der Waals surface area (Å²) in [5.74, 6) is -0.518. The van der Waals surface area contributed by atoms with Crippen molar-refractivity contribution in [1.29, 1.82) is 0 Å². The summed E-state index contributed by atoms with van der Waals surface area (Å²) in [6, 6.07) is 9.45. The van der Waals surface area contributed by atoms with Crippen molar-refractivity contribution >= 4 is 58.2 Å². The Morgan fingerprint density at radius 3 is 2.13 bits per heavy atom. The van der Waals surface area contributed by atoms with Crippen LogP contribution >= 0.6 is 46.4 Å². The van der Waals surface area contributed by atoms with Crippen LogP contribution in [0.15, 0.2) is 36.4 Å². The van der Waals surface area contributed by atoms with Crippen LogP contribution in [0, 0.1) is 0 Å². The Kier molecular flexibility index (Phi) is 9.08. The van der Waals surface area contributed by atoms with E-state index in [1.54, 1.807) is 36.4 Å². The maximum Gasteiger partial charge on any atom is 0.243 e. The highest BCUT2D eigenvalue weighted by Crippen LogP contribution is 2.28. The summed E-state index contributed by atoms with van der Waals surface area (Å²) < 4.78 is 0. The van der Waals surface area contributed by atoms with Crippen molar-refractivity contribution in [2.75, 3.05) is 0 Å². The van der Waals surface area contributed by atoms with Crippen molar-refractivity contribution in [1.82, 2.24) is 10.2 Å². The Bertz CT molecular complexity index is 937. The molecule has 2 rings (SSSR count). The van der Waals surface area contributed by atoms with Gasteiger partial charge in [-0.1, -0.05) is 65.5 Å². The summed E-state index contributed by atoms with van der Waals surface area (Å²) in [4.78, 5) is 28.0. The molecule has 4 nitrogen and oxygen atoms in total. The molecule has 0 saturated heterocycles. The predicted molar refractivity (Wildman–Crippen MR) is 129 cm³/mol. The molecule has 0 aliphatic heterocycles. The summed E-state index contributed by atoms with van der Waals surface area (Å²) in [7, 11) is 0. The number of hydrogen-bond acceptors (Lipinski definition) is 2. The summed E-state index contributed by atoms with van der Waals surface area (Å²) in [6.45, 7) is 7.68. The lowest BCUT2D eigenvalue weighted by molar-refractivity contribution is -0.141. The quantitative estimate of drug-likeness (QED) is 0.464. The van der Waals surface area contributed by atoms with E-state index in [4.69, 9.17) is 46.4 Å². The molecule has 2 amide bonds. The highest BCUT2D eigenvalue weighted by atomic mass is 35.5. The summed E-state index contributed by atoms with van der Waals surface area (Å²) in [5.41, 5.74) is 0.768. The first-order valence-corrected chi connectivity index (χ1v) is 11.4. The number of halogens is 4. The summed E-state index contributed by atoms with van der Waals surface area (Å²) in [5, 5.41) is 4.68. The summed E-state index contributed by atoms with van der Waals surface area (Å²) in [6.07, 6.45) is 0.387. The van der Waals surface area contributed by atoms with E-state index in [-0.39, 0.29) is 24.8 Å². The fourth-order valence-corrected chi connectivity index (χ4v) is 4.16. The maximum atomic E-state index is 13.4. The molecule has 168 valence electrons. The minimum absolute atomic E-state index is 0.0387. The smallest absolute Gasteiger partial charge is 0.243 e. The minimum Gasteiger partial charge on any atom is -0.350 e. The van der Waals surface area contributed by atoms with E-state index in [2.05, 4.69) is 5.32 Å². The maximum absolute atomic E-state index is 13.4. The van der Waals surface area contributed by atoms with Crippen LogP contribution in [0.3, 0.4) is 0 Å². The Morgan fingerprint density at radius 2 is 1.61 bits per heavy atom. The number of carbonyl (C=O) groups excluding carboxylic acids is 2. The number of benzene rings is 2. The van der Waals surface area contributed by atoms with Crippen LogP contribution in [-0.4, -0.2) is 28.3 Å². The zero-order valence-electron chi connectivity index (χ0n) is 17.9. The number of nitrogens with zero attached hydrogens (tertiary/aromatic N) is 1. The highest BCUT2D eigenvalue weighted by molar-refractivity contribution is 6.36. The molecule has 2 aromatic rings. The third-order valence-electron chi connectivity index (χ3n) is 4.63. The van der Waals surface area contributed by atoms with Crippen molar-refractivity contribution in [3.63, 3.8) is 0 Å². The van der Waals surface area contributed by atoms with Gasteiger partial charge in [0.05, 0.1) is 6.42 Å². The van der Waals surface area contributed by atoms with Gasteiger partial charge in [-0.3, -0.25) is 9.59 Å². The molecule has 1 unspecified atom stereocenters. The van der Waals surface area contributed by atoms with Crippen LogP contribution in [-0.2, 0) is 22.6 Å². The second-order valence-electron chi connectivity index (χ2n) is 8.30. The molecule has 1 atom stereocenters. The van der Waals surface area contributed by atoms with Gasteiger partial charge in [0.15, 0.2) is 0 Å². The predicted octanol–water partition coefficient (Wildman–Crippen LogP) is 6.56. The molecule has 31 heavy (non-hydrogen) atoms. The van der Waals surface area contributed by atoms with Gasteiger partial charge in [-0.15, -0.1) is 0 Å². The zero-order valence-corrected chi connectivity index (χ0v) is 21.0. The molecule has 2 aromatic carbocycles. The second-order valence-corrected chi connectivity index (χ2v) is 9.96. The zero-order chi connectivity index (χ0) is 23.3. The van der Waals surface area contributed by atoms with E-state index in [0.29, 0.717) is 37.6 Å².